The third-order valence-corrected chi connectivity index (χ3v) is 4.77. The molecule has 1 fully saturated rings. The second-order valence-corrected chi connectivity index (χ2v) is 5.99. The SMILES string of the molecule is CC1C(=O)N(C2CCCc3cc(N)ccc32)C(=O)C1C. The molecule has 2 aliphatic rings. The van der Waals surface area contributed by atoms with Crippen molar-refractivity contribution in [1.29, 1.82) is 0 Å². The molecule has 3 rings (SSSR count). The maximum Gasteiger partial charge on any atom is 0.233 e. The van der Waals surface area contributed by atoms with E-state index in [1.165, 1.54) is 10.5 Å². The number of nitrogens with zero attached hydrogens (tertiary/aromatic N) is 1. The van der Waals surface area contributed by atoms with Gasteiger partial charge in [0.05, 0.1) is 6.04 Å². The van der Waals surface area contributed by atoms with Crippen LogP contribution in [0.4, 0.5) is 5.69 Å². The van der Waals surface area contributed by atoms with Crippen molar-refractivity contribution in [3.05, 3.63) is 29.3 Å². The van der Waals surface area contributed by atoms with Crippen LogP contribution in [0.15, 0.2) is 18.2 Å². The average Bonchev–Trinajstić information content (AvgIpc) is 2.62. The van der Waals surface area contributed by atoms with E-state index in [0.717, 1.165) is 30.5 Å². The van der Waals surface area contributed by atoms with Crippen molar-refractivity contribution >= 4 is 17.5 Å². The molecule has 0 spiro atoms. The second-order valence-electron chi connectivity index (χ2n) is 5.99. The normalized spacial score (nSPS) is 29.7. The average molecular weight is 272 g/mol. The van der Waals surface area contributed by atoms with E-state index in [1.807, 2.05) is 32.0 Å². The van der Waals surface area contributed by atoms with Crippen LogP contribution < -0.4 is 5.73 Å². The largest absolute Gasteiger partial charge is 0.399 e. The lowest BCUT2D eigenvalue weighted by Gasteiger charge is -2.32. The topological polar surface area (TPSA) is 63.4 Å². The summed E-state index contributed by atoms with van der Waals surface area (Å²) in [4.78, 5) is 26.3. The minimum Gasteiger partial charge on any atom is -0.399 e. The molecular weight excluding hydrogens is 252 g/mol. The van der Waals surface area contributed by atoms with Crippen LogP contribution in [-0.4, -0.2) is 16.7 Å². The Bertz CT molecular complexity index is 562. The fourth-order valence-corrected chi connectivity index (χ4v) is 3.36. The molecule has 0 radical (unpaired) electrons. The number of carbonyl (C=O) groups excluding carboxylic acids is 2. The van der Waals surface area contributed by atoms with E-state index >= 15 is 0 Å². The molecule has 0 aromatic heterocycles. The van der Waals surface area contributed by atoms with Crippen molar-refractivity contribution in [2.45, 2.75) is 39.2 Å². The lowest BCUT2D eigenvalue weighted by Crippen LogP contribution is -2.36. The zero-order valence-electron chi connectivity index (χ0n) is 11.9. The van der Waals surface area contributed by atoms with Gasteiger partial charge in [-0.05, 0) is 42.5 Å². The first-order valence-electron chi connectivity index (χ1n) is 7.26. The molecule has 1 aliphatic heterocycles. The van der Waals surface area contributed by atoms with Gasteiger partial charge in [-0.25, -0.2) is 0 Å². The number of fused-ring (bicyclic) bond motifs is 1. The Morgan fingerprint density at radius 2 is 1.80 bits per heavy atom. The molecule has 2 N–H and O–H groups in total. The van der Waals surface area contributed by atoms with Gasteiger partial charge in [0.1, 0.15) is 0 Å². The Morgan fingerprint density at radius 1 is 1.15 bits per heavy atom. The third kappa shape index (κ3) is 1.82. The van der Waals surface area contributed by atoms with Gasteiger partial charge in [0.15, 0.2) is 0 Å². The molecule has 1 heterocycles. The monoisotopic (exact) mass is 272 g/mol. The molecule has 20 heavy (non-hydrogen) atoms. The first kappa shape index (κ1) is 13.2. The van der Waals surface area contributed by atoms with Gasteiger partial charge in [-0.1, -0.05) is 19.9 Å². The van der Waals surface area contributed by atoms with Gasteiger partial charge in [0.25, 0.3) is 0 Å². The summed E-state index contributed by atoms with van der Waals surface area (Å²) in [6.07, 6.45) is 2.81. The van der Waals surface area contributed by atoms with Gasteiger partial charge in [-0.15, -0.1) is 0 Å². The number of nitrogens with two attached hydrogens (primary N) is 1. The Balaban J connectivity index is 2.01. The number of benzene rings is 1. The van der Waals surface area contributed by atoms with Crippen molar-refractivity contribution in [1.82, 2.24) is 4.90 Å². The molecular formula is C16H20N2O2. The molecule has 1 aliphatic carbocycles. The minimum atomic E-state index is -0.207. The lowest BCUT2D eigenvalue weighted by atomic mass is 9.86. The molecule has 106 valence electrons. The molecule has 0 bridgehead atoms. The number of anilines is 1. The van der Waals surface area contributed by atoms with E-state index in [2.05, 4.69) is 0 Å². The zero-order valence-corrected chi connectivity index (χ0v) is 11.9. The summed E-state index contributed by atoms with van der Waals surface area (Å²) in [7, 11) is 0. The molecule has 1 saturated heterocycles. The molecule has 4 heteroatoms. The summed E-state index contributed by atoms with van der Waals surface area (Å²) >= 11 is 0. The van der Waals surface area contributed by atoms with Crippen LogP contribution in [0.3, 0.4) is 0 Å². The first-order chi connectivity index (χ1) is 9.50. The second kappa shape index (κ2) is 4.62. The van der Waals surface area contributed by atoms with Crippen molar-refractivity contribution in [2.75, 3.05) is 5.73 Å². The van der Waals surface area contributed by atoms with Gasteiger partial charge in [0.2, 0.25) is 11.8 Å². The summed E-state index contributed by atoms with van der Waals surface area (Å²) in [6, 6.07) is 5.70. The lowest BCUT2D eigenvalue weighted by molar-refractivity contribution is -0.143. The number of hydrogen-bond donors (Lipinski definition) is 1. The minimum absolute atomic E-state index is 0.0304. The summed E-state index contributed by atoms with van der Waals surface area (Å²) in [6.45, 7) is 3.69. The fraction of sp³-hybridized carbons (Fsp3) is 0.500. The van der Waals surface area contributed by atoms with Crippen LogP contribution >= 0.6 is 0 Å². The predicted octanol–water partition coefficient (Wildman–Crippen LogP) is 2.29. The Labute approximate surface area is 118 Å². The smallest absolute Gasteiger partial charge is 0.233 e. The van der Waals surface area contributed by atoms with Crippen LogP contribution in [0.5, 0.6) is 0 Å². The Hall–Kier alpha value is -1.84. The van der Waals surface area contributed by atoms with Crippen LogP contribution in [0.2, 0.25) is 0 Å². The van der Waals surface area contributed by atoms with Crippen LogP contribution in [0.25, 0.3) is 0 Å². The van der Waals surface area contributed by atoms with E-state index in [0.29, 0.717) is 0 Å². The van der Waals surface area contributed by atoms with Crippen molar-refractivity contribution in [2.24, 2.45) is 11.8 Å². The zero-order chi connectivity index (χ0) is 14.4. The predicted molar refractivity (Wildman–Crippen MR) is 76.7 cm³/mol. The van der Waals surface area contributed by atoms with Crippen LogP contribution in [0.1, 0.15) is 43.9 Å². The van der Waals surface area contributed by atoms with Crippen LogP contribution in [0, 0.1) is 11.8 Å². The van der Waals surface area contributed by atoms with Crippen molar-refractivity contribution in [3.8, 4) is 0 Å². The first-order valence-corrected chi connectivity index (χ1v) is 7.26. The number of nitrogen functional groups attached to an aromatic ring is 1. The number of amides is 2. The molecule has 1 aromatic carbocycles. The van der Waals surface area contributed by atoms with Gasteiger partial charge < -0.3 is 5.73 Å². The number of carbonyl (C=O) groups is 2. The molecule has 2 amide bonds. The van der Waals surface area contributed by atoms with Gasteiger partial charge in [-0.3, -0.25) is 14.5 Å². The summed E-state index contributed by atoms with van der Waals surface area (Å²) in [5.41, 5.74) is 8.84. The number of aryl methyl sites for hydroxylation is 1. The highest BCUT2D eigenvalue weighted by Crippen LogP contribution is 2.40. The number of rotatable bonds is 1. The van der Waals surface area contributed by atoms with E-state index in [4.69, 9.17) is 5.73 Å². The quantitative estimate of drug-likeness (QED) is 0.630. The Kier molecular flexibility index (Phi) is 3.04. The van der Waals surface area contributed by atoms with E-state index in [1.54, 1.807) is 0 Å². The summed E-state index contributed by atoms with van der Waals surface area (Å²) < 4.78 is 0. The summed E-state index contributed by atoms with van der Waals surface area (Å²) in [5, 5.41) is 0. The number of imide groups is 1. The Morgan fingerprint density at radius 3 is 2.45 bits per heavy atom. The highest BCUT2D eigenvalue weighted by atomic mass is 16.2. The van der Waals surface area contributed by atoms with E-state index in [9.17, 15) is 9.59 Å². The molecule has 1 aromatic rings. The van der Waals surface area contributed by atoms with Crippen molar-refractivity contribution < 1.29 is 9.59 Å². The number of hydrogen-bond acceptors (Lipinski definition) is 3. The highest BCUT2D eigenvalue weighted by Gasteiger charge is 2.46. The molecule has 3 unspecified atom stereocenters. The standard InChI is InChI=1S/C16H20N2O2/c1-9-10(2)16(20)18(15(9)19)14-5-3-4-11-8-12(17)6-7-13(11)14/h6-10,14H,3-5,17H2,1-2H3. The number of likely N-dealkylation sites (tertiary alicyclic amines) is 1. The maximum absolute atomic E-state index is 12.4. The van der Waals surface area contributed by atoms with Gasteiger partial charge in [-0.2, -0.15) is 0 Å². The maximum atomic E-state index is 12.4. The third-order valence-electron chi connectivity index (χ3n) is 4.77. The van der Waals surface area contributed by atoms with Crippen molar-refractivity contribution in [3.63, 3.8) is 0 Å². The van der Waals surface area contributed by atoms with Crippen LogP contribution in [-0.2, 0) is 16.0 Å². The van der Waals surface area contributed by atoms with Gasteiger partial charge >= 0.3 is 0 Å². The van der Waals surface area contributed by atoms with E-state index in [-0.39, 0.29) is 29.7 Å². The van der Waals surface area contributed by atoms with Gasteiger partial charge in [0, 0.05) is 17.5 Å². The molecule has 4 nitrogen and oxygen atoms in total. The fourth-order valence-electron chi connectivity index (χ4n) is 3.36. The molecule has 0 saturated carbocycles. The summed E-state index contributed by atoms with van der Waals surface area (Å²) in [5.74, 6) is -0.474. The molecule has 3 atom stereocenters. The highest BCUT2D eigenvalue weighted by molar-refractivity contribution is 6.05. The van der Waals surface area contributed by atoms with E-state index < -0.39 is 0 Å².